The molecule has 0 aliphatic carbocycles. The SMILES string of the molecule is O=C(NCc1cccs1)c1ccc(COc2ccccc2)cc1. The number of nitrogens with one attached hydrogen (secondary N) is 1. The third-order valence-corrected chi connectivity index (χ3v) is 4.24. The molecule has 3 nitrogen and oxygen atoms in total. The second-order valence-electron chi connectivity index (χ2n) is 5.06. The van der Waals surface area contributed by atoms with Gasteiger partial charge in [-0.2, -0.15) is 0 Å². The highest BCUT2D eigenvalue weighted by atomic mass is 32.1. The Balaban J connectivity index is 1.53. The Morgan fingerprint density at radius 1 is 0.957 bits per heavy atom. The molecule has 0 aliphatic rings. The van der Waals surface area contributed by atoms with E-state index in [4.69, 9.17) is 4.74 Å². The molecule has 23 heavy (non-hydrogen) atoms. The molecule has 0 unspecified atom stereocenters. The molecule has 1 amide bonds. The van der Waals surface area contributed by atoms with Crippen molar-refractivity contribution >= 4 is 17.2 Å². The number of amides is 1. The molecule has 0 bridgehead atoms. The minimum Gasteiger partial charge on any atom is -0.489 e. The summed E-state index contributed by atoms with van der Waals surface area (Å²) in [7, 11) is 0. The lowest BCUT2D eigenvalue weighted by atomic mass is 10.1. The van der Waals surface area contributed by atoms with Gasteiger partial charge in [-0.1, -0.05) is 36.4 Å². The number of ether oxygens (including phenoxy) is 1. The zero-order chi connectivity index (χ0) is 15.9. The molecular weight excluding hydrogens is 306 g/mol. The average molecular weight is 323 g/mol. The highest BCUT2D eigenvalue weighted by molar-refractivity contribution is 7.09. The fourth-order valence-corrected chi connectivity index (χ4v) is 2.76. The Bertz CT molecular complexity index is 737. The maximum Gasteiger partial charge on any atom is 0.251 e. The molecule has 3 rings (SSSR count). The van der Waals surface area contributed by atoms with Crippen LogP contribution in [-0.2, 0) is 13.2 Å². The molecule has 0 aliphatic heterocycles. The average Bonchev–Trinajstić information content (AvgIpc) is 3.13. The molecule has 0 atom stereocenters. The number of benzene rings is 2. The number of carbonyl (C=O) groups excluding carboxylic acids is 1. The predicted octanol–water partition coefficient (Wildman–Crippen LogP) is 4.26. The van der Waals surface area contributed by atoms with Crippen LogP contribution in [0.15, 0.2) is 72.1 Å². The minimum atomic E-state index is -0.0612. The summed E-state index contributed by atoms with van der Waals surface area (Å²) in [5, 5.41) is 4.92. The van der Waals surface area contributed by atoms with Crippen LogP contribution in [0.3, 0.4) is 0 Å². The molecule has 0 saturated carbocycles. The van der Waals surface area contributed by atoms with Crippen molar-refractivity contribution in [2.75, 3.05) is 0 Å². The first-order valence-electron chi connectivity index (χ1n) is 7.38. The van der Waals surface area contributed by atoms with Crippen molar-refractivity contribution in [1.29, 1.82) is 0 Å². The number of rotatable bonds is 6. The summed E-state index contributed by atoms with van der Waals surface area (Å²) >= 11 is 1.64. The lowest BCUT2D eigenvalue weighted by molar-refractivity contribution is 0.0951. The van der Waals surface area contributed by atoms with Gasteiger partial charge >= 0.3 is 0 Å². The Morgan fingerprint density at radius 2 is 1.74 bits per heavy atom. The molecule has 1 aromatic heterocycles. The summed E-state index contributed by atoms with van der Waals surface area (Å²) in [5.41, 5.74) is 1.69. The molecule has 2 aromatic carbocycles. The van der Waals surface area contributed by atoms with Crippen LogP contribution in [0.5, 0.6) is 5.75 Å². The molecule has 0 spiro atoms. The largest absolute Gasteiger partial charge is 0.489 e. The van der Waals surface area contributed by atoms with E-state index in [9.17, 15) is 4.79 Å². The van der Waals surface area contributed by atoms with E-state index in [-0.39, 0.29) is 5.91 Å². The Kier molecular flexibility index (Phi) is 5.06. The normalized spacial score (nSPS) is 10.3. The van der Waals surface area contributed by atoms with Crippen molar-refractivity contribution in [3.63, 3.8) is 0 Å². The van der Waals surface area contributed by atoms with Gasteiger partial charge in [0.25, 0.3) is 5.91 Å². The van der Waals surface area contributed by atoms with Gasteiger partial charge in [-0.3, -0.25) is 4.79 Å². The first kappa shape index (κ1) is 15.3. The first-order valence-corrected chi connectivity index (χ1v) is 8.26. The maximum absolute atomic E-state index is 12.1. The highest BCUT2D eigenvalue weighted by Gasteiger charge is 2.05. The van der Waals surface area contributed by atoms with E-state index in [0.29, 0.717) is 18.7 Å². The fourth-order valence-electron chi connectivity index (χ4n) is 2.12. The summed E-state index contributed by atoms with van der Waals surface area (Å²) in [4.78, 5) is 13.2. The first-order chi connectivity index (χ1) is 11.3. The standard InChI is InChI=1S/C19H17NO2S/c21-19(20-13-18-7-4-12-23-18)16-10-8-15(9-11-16)14-22-17-5-2-1-3-6-17/h1-12H,13-14H2,(H,20,21). The molecule has 0 radical (unpaired) electrons. The number of thiophene rings is 1. The van der Waals surface area contributed by atoms with E-state index in [1.54, 1.807) is 11.3 Å². The molecule has 0 fully saturated rings. The van der Waals surface area contributed by atoms with Crippen LogP contribution in [0, 0.1) is 0 Å². The molecule has 116 valence electrons. The highest BCUT2D eigenvalue weighted by Crippen LogP contribution is 2.13. The van der Waals surface area contributed by atoms with Gasteiger partial charge in [0.15, 0.2) is 0 Å². The van der Waals surface area contributed by atoms with Crippen LogP contribution in [0.2, 0.25) is 0 Å². The Labute approximate surface area is 139 Å². The van der Waals surface area contributed by atoms with Crippen molar-refractivity contribution in [3.05, 3.63) is 88.1 Å². The van der Waals surface area contributed by atoms with E-state index in [1.165, 1.54) is 0 Å². The van der Waals surface area contributed by atoms with Gasteiger partial charge in [0.2, 0.25) is 0 Å². The smallest absolute Gasteiger partial charge is 0.251 e. The van der Waals surface area contributed by atoms with Crippen LogP contribution >= 0.6 is 11.3 Å². The second-order valence-corrected chi connectivity index (χ2v) is 6.09. The molecule has 1 heterocycles. The number of para-hydroxylation sites is 1. The lowest BCUT2D eigenvalue weighted by Gasteiger charge is -2.07. The van der Waals surface area contributed by atoms with Crippen LogP contribution in [0.1, 0.15) is 20.8 Å². The van der Waals surface area contributed by atoms with Crippen LogP contribution in [0.4, 0.5) is 0 Å². The zero-order valence-corrected chi connectivity index (χ0v) is 13.4. The number of hydrogen-bond donors (Lipinski definition) is 1. The van der Waals surface area contributed by atoms with Gasteiger partial charge in [-0.25, -0.2) is 0 Å². The molecule has 0 saturated heterocycles. The predicted molar refractivity (Wildman–Crippen MR) is 92.7 cm³/mol. The Morgan fingerprint density at radius 3 is 2.43 bits per heavy atom. The van der Waals surface area contributed by atoms with Gasteiger partial charge in [-0.05, 0) is 41.3 Å². The van der Waals surface area contributed by atoms with Gasteiger partial charge in [0, 0.05) is 10.4 Å². The summed E-state index contributed by atoms with van der Waals surface area (Å²) in [6.45, 7) is 1.05. The fraction of sp³-hybridized carbons (Fsp3) is 0.105. The molecular formula is C19H17NO2S. The van der Waals surface area contributed by atoms with Gasteiger partial charge in [0.1, 0.15) is 12.4 Å². The van der Waals surface area contributed by atoms with E-state index in [0.717, 1.165) is 16.2 Å². The van der Waals surface area contributed by atoms with Crippen LogP contribution in [-0.4, -0.2) is 5.91 Å². The quantitative estimate of drug-likeness (QED) is 0.736. The summed E-state index contributed by atoms with van der Waals surface area (Å²) in [6.07, 6.45) is 0. The molecule has 1 N–H and O–H groups in total. The third-order valence-electron chi connectivity index (χ3n) is 3.37. The van der Waals surface area contributed by atoms with Gasteiger partial charge in [0.05, 0.1) is 6.54 Å². The van der Waals surface area contributed by atoms with Crippen molar-refractivity contribution in [3.8, 4) is 5.75 Å². The van der Waals surface area contributed by atoms with Crippen molar-refractivity contribution in [2.45, 2.75) is 13.2 Å². The maximum atomic E-state index is 12.1. The zero-order valence-electron chi connectivity index (χ0n) is 12.6. The van der Waals surface area contributed by atoms with E-state index in [1.807, 2.05) is 72.1 Å². The van der Waals surface area contributed by atoms with E-state index < -0.39 is 0 Å². The van der Waals surface area contributed by atoms with E-state index in [2.05, 4.69) is 5.32 Å². The monoisotopic (exact) mass is 323 g/mol. The molecule has 3 aromatic rings. The summed E-state index contributed by atoms with van der Waals surface area (Å²) in [6, 6.07) is 21.2. The van der Waals surface area contributed by atoms with Crippen molar-refractivity contribution in [2.24, 2.45) is 0 Å². The van der Waals surface area contributed by atoms with Crippen LogP contribution in [0.25, 0.3) is 0 Å². The van der Waals surface area contributed by atoms with Gasteiger partial charge in [-0.15, -0.1) is 11.3 Å². The van der Waals surface area contributed by atoms with Gasteiger partial charge < -0.3 is 10.1 Å². The van der Waals surface area contributed by atoms with E-state index >= 15 is 0 Å². The summed E-state index contributed by atoms with van der Waals surface area (Å²) < 4.78 is 5.69. The summed E-state index contributed by atoms with van der Waals surface area (Å²) in [5.74, 6) is 0.777. The Hall–Kier alpha value is -2.59. The van der Waals surface area contributed by atoms with Crippen LogP contribution < -0.4 is 10.1 Å². The second kappa shape index (κ2) is 7.61. The third kappa shape index (κ3) is 4.44. The number of carbonyl (C=O) groups is 1. The van der Waals surface area contributed by atoms with Crippen molar-refractivity contribution < 1.29 is 9.53 Å². The molecule has 4 heteroatoms. The number of hydrogen-bond acceptors (Lipinski definition) is 3. The topological polar surface area (TPSA) is 38.3 Å². The van der Waals surface area contributed by atoms with Crippen molar-refractivity contribution in [1.82, 2.24) is 5.32 Å². The lowest BCUT2D eigenvalue weighted by Crippen LogP contribution is -2.22. The minimum absolute atomic E-state index is 0.0612.